The van der Waals surface area contributed by atoms with E-state index in [4.69, 9.17) is 32.7 Å². The van der Waals surface area contributed by atoms with Crippen LogP contribution in [0.5, 0.6) is 0 Å². The van der Waals surface area contributed by atoms with E-state index in [1.54, 1.807) is 36.4 Å². The van der Waals surface area contributed by atoms with Crippen molar-refractivity contribution in [2.75, 3.05) is 0 Å². The number of carboxylic acid groups (broad SMARTS) is 1. The average molecular weight is 322 g/mol. The number of rotatable bonds is 3. The summed E-state index contributed by atoms with van der Waals surface area (Å²) in [4.78, 5) is 15.1. The van der Waals surface area contributed by atoms with Gasteiger partial charge in [-0.05, 0) is 35.9 Å². The van der Waals surface area contributed by atoms with E-state index in [1.807, 2.05) is 0 Å². The third-order valence-electron chi connectivity index (χ3n) is 2.99. The van der Waals surface area contributed by atoms with Crippen molar-refractivity contribution < 1.29 is 14.3 Å². The molecule has 4 nitrogen and oxygen atoms in total. The number of aromatic nitrogens is 1. The summed E-state index contributed by atoms with van der Waals surface area (Å²) in [6, 6.07) is 10.2. The summed E-state index contributed by atoms with van der Waals surface area (Å²) in [5, 5.41) is 9.75. The predicted molar refractivity (Wildman–Crippen MR) is 80.8 cm³/mol. The van der Waals surface area contributed by atoms with Crippen molar-refractivity contribution in [3.63, 3.8) is 0 Å². The molecule has 21 heavy (non-hydrogen) atoms. The van der Waals surface area contributed by atoms with Crippen molar-refractivity contribution in [2.45, 2.75) is 6.42 Å². The number of fused-ring (bicyclic) bond motifs is 1. The van der Waals surface area contributed by atoms with Crippen molar-refractivity contribution in [1.82, 2.24) is 4.98 Å². The molecule has 0 radical (unpaired) electrons. The average Bonchev–Trinajstić information content (AvgIpc) is 2.83. The van der Waals surface area contributed by atoms with Gasteiger partial charge in [-0.3, -0.25) is 4.79 Å². The van der Waals surface area contributed by atoms with Gasteiger partial charge in [0.05, 0.1) is 6.42 Å². The summed E-state index contributed by atoms with van der Waals surface area (Å²) in [6.45, 7) is 0. The molecule has 0 amide bonds. The molecule has 0 fully saturated rings. The highest BCUT2D eigenvalue weighted by atomic mass is 35.5. The van der Waals surface area contributed by atoms with Crippen LogP contribution in [0.4, 0.5) is 0 Å². The van der Waals surface area contributed by atoms with Crippen LogP contribution >= 0.6 is 23.2 Å². The van der Waals surface area contributed by atoms with Gasteiger partial charge in [-0.15, -0.1) is 0 Å². The number of hydrogen-bond acceptors (Lipinski definition) is 3. The number of oxazole rings is 1. The fourth-order valence-electron chi connectivity index (χ4n) is 2.01. The van der Waals surface area contributed by atoms with E-state index >= 15 is 0 Å². The first-order valence-electron chi connectivity index (χ1n) is 6.09. The first-order valence-corrected chi connectivity index (χ1v) is 6.85. The minimum Gasteiger partial charge on any atom is -0.481 e. The maximum atomic E-state index is 10.7. The third-order valence-corrected chi connectivity index (χ3v) is 3.58. The van der Waals surface area contributed by atoms with E-state index < -0.39 is 5.97 Å². The molecular formula is C15H9Cl2NO3. The molecule has 0 spiro atoms. The molecule has 0 unspecified atom stereocenters. The highest BCUT2D eigenvalue weighted by molar-refractivity contribution is 6.32. The summed E-state index contributed by atoms with van der Waals surface area (Å²) in [5.74, 6) is -0.516. The quantitative estimate of drug-likeness (QED) is 0.775. The smallest absolute Gasteiger partial charge is 0.307 e. The normalized spacial score (nSPS) is 11.0. The van der Waals surface area contributed by atoms with Crippen molar-refractivity contribution in [3.8, 4) is 11.5 Å². The predicted octanol–water partition coefficient (Wildman–Crippen LogP) is 4.43. The van der Waals surface area contributed by atoms with Gasteiger partial charge >= 0.3 is 5.97 Å². The summed E-state index contributed by atoms with van der Waals surface area (Å²) in [7, 11) is 0. The van der Waals surface area contributed by atoms with Gasteiger partial charge in [-0.2, -0.15) is 0 Å². The molecule has 0 aliphatic rings. The van der Waals surface area contributed by atoms with Crippen LogP contribution in [0, 0.1) is 0 Å². The Morgan fingerprint density at radius 3 is 2.71 bits per heavy atom. The van der Waals surface area contributed by atoms with Gasteiger partial charge in [0, 0.05) is 15.6 Å². The molecule has 0 aliphatic carbocycles. The van der Waals surface area contributed by atoms with Crippen molar-refractivity contribution in [1.29, 1.82) is 0 Å². The first kappa shape index (κ1) is 13.9. The lowest BCUT2D eigenvalue weighted by Crippen LogP contribution is -2.00. The Kier molecular flexibility index (Phi) is 3.57. The zero-order valence-electron chi connectivity index (χ0n) is 10.6. The van der Waals surface area contributed by atoms with E-state index in [0.29, 0.717) is 38.2 Å². The molecule has 3 rings (SSSR count). The Hall–Kier alpha value is -2.04. The van der Waals surface area contributed by atoms with Gasteiger partial charge in [-0.25, -0.2) is 4.98 Å². The summed E-state index contributed by atoms with van der Waals surface area (Å²) >= 11 is 12.0. The number of carbonyl (C=O) groups is 1. The molecule has 0 atom stereocenters. The summed E-state index contributed by atoms with van der Waals surface area (Å²) in [5.41, 5.74) is 2.51. The van der Waals surface area contributed by atoms with Crippen molar-refractivity contribution in [2.24, 2.45) is 0 Å². The Morgan fingerprint density at radius 1 is 1.19 bits per heavy atom. The number of nitrogens with zero attached hydrogens (tertiary/aromatic N) is 1. The molecule has 1 heterocycles. The maximum Gasteiger partial charge on any atom is 0.307 e. The van der Waals surface area contributed by atoms with Crippen LogP contribution < -0.4 is 0 Å². The molecule has 0 aliphatic heterocycles. The fourth-order valence-corrected chi connectivity index (χ4v) is 2.42. The van der Waals surface area contributed by atoms with Gasteiger partial charge in [0.25, 0.3) is 0 Å². The molecule has 1 N–H and O–H groups in total. The van der Waals surface area contributed by atoms with Gasteiger partial charge in [-0.1, -0.05) is 29.3 Å². The topological polar surface area (TPSA) is 63.3 Å². The Morgan fingerprint density at radius 2 is 2.00 bits per heavy atom. The van der Waals surface area contributed by atoms with E-state index in [0.717, 1.165) is 0 Å². The second kappa shape index (κ2) is 5.39. The van der Waals surface area contributed by atoms with E-state index in [-0.39, 0.29) is 6.42 Å². The van der Waals surface area contributed by atoms with E-state index in [2.05, 4.69) is 4.98 Å². The van der Waals surface area contributed by atoms with E-state index in [9.17, 15) is 4.79 Å². The molecule has 2 aromatic carbocycles. The fraction of sp³-hybridized carbons (Fsp3) is 0.0667. The first-order chi connectivity index (χ1) is 10.0. The molecule has 3 aromatic rings. The second-order valence-electron chi connectivity index (χ2n) is 4.51. The molecule has 0 saturated carbocycles. The zero-order chi connectivity index (χ0) is 15.0. The minimum absolute atomic E-state index is 0.123. The number of carboxylic acids is 1. The number of benzene rings is 2. The Balaban J connectivity index is 2.02. The molecule has 6 heteroatoms. The van der Waals surface area contributed by atoms with Gasteiger partial charge in [0.1, 0.15) is 5.52 Å². The second-order valence-corrected chi connectivity index (χ2v) is 5.35. The van der Waals surface area contributed by atoms with E-state index in [1.165, 1.54) is 0 Å². The lowest BCUT2D eigenvalue weighted by molar-refractivity contribution is -0.136. The maximum absolute atomic E-state index is 10.7. The molecule has 0 bridgehead atoms. The monoisotopic (exact) mass is 321 g/mol. The highest BCUT2D eigenvalue weighted by Crippen LogP contribution is 2.29. The van der Waals surface area contributed by atoms with Crippen molar-refractivity contribution in [3.05, 3.63) is 52.0 Å². The van der Waals surface area contributed by atoms with Crippen LogP contribution in [0.3, 0.4) is 0 Å². The molecule has 0 saturated heterocycles. The van der Waals surface area contributed by atoms with Crippen LogP contribution in [0.15, 0.2) is 40.8 Å². The van der Waals surface area contributed by atoms with Gasteiger partial charge < -0.3 is 9.52 Å². The summed E-state index contributed by atoms with van der Waals surface area (Å²) in [6.07, 6.45) is -0.123. The molecule has 1 aromatic heterocycles. The number of hydrogen-bond donors (Lipinski definition) is 1. The van der Waals surface area contributed by atoms with Crippen LogP contribution in [-0.4, -0.2) is 16.1 Å². The van der Waals surface area contributed by atoms with Crippen molar-refractivity contribution >= 4 is 40.3 Å². The lowest BCUT2D eigenvalue weighted by atomic mass is 10.1. The van der Waals surface area contributed by atoms with Crippen LogP contribution in [0.2, 0.25) is 10.0 Å². The Bertz CT molecular complexity index is 842. The number of halogens is 2. The largest absolute Gasteiger partial charge is 0.481 e. The van der Waals surface area contributed by atoms with Crippen LogP contribution in [0.1, 0.15) is 5.56 Å². The van der Waals surface area contributed by atoms with Crippen LogP contribution in [-0.2, 0) is 11.2 Å². The van der Waals surface area contributed by atoms with Gasteiger partial charge in [0.2, 0.25) is 5.89 Å². The molecule has 106 valence electrons. The zero-order valence-corrected chi connectivity index (χ0v) is 12.1. The third kappa shape index (κ3) is 2.86. The highest BCUT2D eigenvalue weighted by Gasteiger charge is 2.12. The summed E-state index contributed by atoms with van der Waals surface area (Å²) < 4.78 is 5.64. The van der Waals surface area contributed by atoms with Gasteiger partial charge in [0.15, 0.2) is 5.58 Å². The molecular weight excluding hydrogens is 313 g/mol. The minimum atomic E-state index is -0.929. The SMILES string of the molecule is O=C(O)Cc1ccc(-c2nc3cc(Cl)ccc3o2)cc1Cl. The van der Waals surface area contributed by atoms with Crippen LogP contribution in [0.25, 0.3) is 22.6 Å². The Labute approximate surface area is 129 Å². The lowest BCUT2D eigenvalue weighted by Gasteiger charge is -2.02. The number of aliphatic carboxylic acids is 1. The standard InChI is InChI=1S/C15H9Cl2NO3/c16-10-3-4-13-12(7-10)18-15(21-13)9-2-1-8(6-14(19)20)11(17)5-9/h1-5,7H,6H2,(H,19,20).